The van der Waals surface area contributed by atoms with E-state index in [4.69, 9.17) is 28.4 Å². The molecule has 0 N–H and O–H groups in total. The molecule has 0 aliphatic heterocycles. The number of hydrogen-bond donors (Lipinski definition) is 0. The Morgan fingerprint density at radius 2 is 1.29 bits per heavy atom. The summed E-state index contributed by atoms with van der Waals surface area (Å²) in [5, 5.41) is 0. The van der Waals surface area contributed by atoms with Crippen LogP contribution in [0.3, 0.4) is 0 Å². The van der Waals surface area contributed by atoms with Gasteiger partial charge in [-0.2, -0.15) is 0 Å². The first-order chi connectivity index (χ1) is 16.3. The first-order valence-corrected chi connectivity index (χ1v) is 11.1. The molecule has 0 fully saturated rings. The molecule has 1 aliphatic rings. The van der Waals surface area contributed by atoms with Crippen LogP contribution in [0.4, 0.5) is 0 Å². The zero-order valence-electron chi connectivity index (χ0n) is 20.5. The van der Waals surface area contributed by atoms with E-state index in [1.54, 1.807) is 28.4 Å². The van der Waals surface area contributed by atoms with Crippen LogP contribution in [0.15, 0.2) is 30.3 Å². The Morgan fingerprint density at radius 1 is 0.735 bits per heavy atom. The number of benzene rings is 2. The SMILES string of the molecule is COc1ccc([C@@H]2c3cc(OC)c(OC)cc3[C@@H](CCOC(C)=O)[C@H]2COC(C)=O)cc1OC. The van der Waals surface area contributed by atoms with Crippen molar-refractivity contribution in [2.45, 2.75) is 32.1 Å². The summed E-state index contributed by atoms with van der Waals surface area (Å²) in [4.78, 5) is 23.1. The molecule has 0 amide bonds. The molecular weight excluding hydrogens is 440 g/mol. The summed E-state index contributed by atoms with van der Waals surface area (Å²) in [5.41, 5.74) is 3.06. The molecule has 2 aromatic rings. The van der Waals surface area contributed by atoms with Gasteiger partial charge in [0.05, 0.1) is 41.7 Å². The fourth-order valence-corrected chi connectivity index (χ4v) is 4.79. The zero-order valence-corrected chi connectivity index (χ0v) is 20.5. The van der Waals surface area contributed by atoms with Gasteiger partial charge in [0.1, 0.15) is 0 Å². The molecule has 1 aliphatic carbocycles. The van der Waals surface area contributed by atoms with E-state index in [0.717, 1.165) is 16.7 Å². The normalized spacial score (nSPS) is 18.6. The molecule has 0 aromatic heterocycles. The minimum Gasteiger partial charge on any atom is -0.493 e. The Kier molecular flexibility index (Phi) is 8.26. The van der Waals surface area contributed by atoms with E-state index >= 15 is 0 Å². The minimum atomic E-state index is -0.351. The first-order valence-electron chi connectivity index (χ1n) is 11.1. The summed E-state index contributed by atoms with van der Waals surface area (Å²) in [6.07, 6.45) is 0.567. The van der Waals surface area contributed by atoms with Crippen molar-refractivity contribution >= 4 is 11.9 Å². The second-order valence-electron chi connectivity index (χ2n) is 8.13. The summed E-state index contributed by atoms with van der Waals surface area (Å²) in [6, 6.07) is 9.74. The molecular formula is C26H32O8. The van der Waals surface area contributed by atoms with Gasteiger partial charge >= 0.3 is 11.9 Å². The average Bonchev–Trinajstić information content (AvgIpc) is 3.13. The van der Waals surface area contributed by atoms with Crippen LogP contribution in [0.1, 0.15) is 48.8 Å². The highest BCUT2D eigenvalue weighted by atomic mass is 16.5. The van der Waals surface area contributed by atoms with Crippen molar-refractivity contribution in [1.82, 2.24) is 0 Å². The third kappa shape index (κ3) is 5.21. The van der Waals surface area contributed by atoms with Gasteiger partial charge in [0.15, 0.2) is 23.0 Å². The molecule has 34 heavy (non-hydrogen) atoms. The standard InChI is InChI=1S/C26H32O8/c1-15(27)33-10-9-18-19-12-24(31-5)25(32-6)13-20(19)26(21(18)14-34-16(2)28)17-7-8-22(29-3)23(11-17)30-4/h7-8,11-13,18,21,26H,9-10,14H2,1-6H3/t18-,21-,26-/m1/s1. The molecule has 2 aromatic carbocycles. The Morgan fingerprint density at radius 3 is 1.85 bits per heavy atom. The fourth-order valence-electron chi connectivity index (χ4n) is 4.79. The van der Waals surface area contributed by atoms with Crippen molar-refractivity contribution in [3.8, 4) is 23.0 Å². The van der Waals surface area contributed by atoms with Gasteiger partial charge in [0.25, 0.3) is 0 Å². The van der Waals surface area contributed by atoms with Gasteiger partial charge in [0.2, 0.25) is 0 Å². The molecule has 0 bridgehead atoms. The van der Waals surface area contributed by atoms with Crippen molar-refractivity contribution in [2.24, 2.45) is 5.92 Å². The van der Waals surface area contributed by atoms with E-state index in [1.807, 2.05) is 30.3 Å². The van der Waals surface area contributed by atoms with Crippen LogP contribution in [-0.4, -0.2) is 53.6 Å². The highest BCUT2D eigenvalue weighted by Crippen LogP contribution is 2.54. The van der Waals surface area contributed by atoms with Gasteiger partial charge in [-0.05, 0) is 53.3 Å². The third-order valence-corrected chi connectivity index (χ3v) is 6.25. The average molecular weight is 473 g/mol. The van der Waals surface area contributed by atoms with Crippen LogP contribution in [-0.2, 0) is 19.1 Å². The first kappa shape index (κ1) is 25.2. The third-order valence-electron chi connectivity index (χ3n) is 6.25. The van der Waals surface area contributed by atoms with Crippen LogP contribution in [0.5, 0.6) is 23.0 Å². The maximum atomic E-state index is 11.7. The number of hydrogen-bond acceptors (Lipinski definition) is 8. The van der Waals surface area contributed by atoms with Crippen molar-refractivity contribution < 1.29 is 38.0 Å². The van der Waals surface area contributed by atoms with E-state index in [9.17, 15) is 9.59 Å². The number of carbonyl (C=O) groups is 2. The molecule has 0 saturated heterocycles. The molecule has 0 unspecified atom stereocenters. The minimum absolute atomic E-state index is 0.0494. The van der Waals surface area contributed by atoms with Crippen LogP contribution in [0.25, 0.3) is 0 Å². The number of carbonyl (C=O) groups excluding carboxylic acids is 2. The molecule has 0 saturated carbocycles. The van der Waals surface area contributed by atoms with Crippen LogP contribution in [0, 0.1) is 5.92 Å². The number of esters is 2. The Hall–Kier alpha value is -3.42. The van der Waals surface area contributed by atoms with Gasteiger partial charge < -0.3 is 28.4 Å². The Bertz CT molecular complexity index is 1030. The van der Waals surface area contributed by atoms with Crippen molar-refractivity contribution in [2.75, 3.05) is 41.7 Å². The second-order valence-corrected chi connectivity index (χ2v) is 8.13. The fraction of sp³-hybridized carbons (Fsp3) is 0.462. The second kappa shape index (κ2) is 11.1. The van der Waals surface area contributed by atoms with Gasteiger partial charge in [-0.15, -0.1) is 0 Å². The van der Waals surface area contributed by atoms with Crippen LogP contribution >= 0.6 is 0 Å². The highest BCUT2D eigenvalue weighted by molar-refractivity contribution is 5.66. The molecule has 3 rings (SSSR count). The van der Waals surface area contributed by atoms with Gasteiger partial charge in [0, 0.05) is 25.7 Å². The summed E-state index contributed by atoms with van der Waals surface area (Å²) >= 11 is 0. The van der Waals surface area contributed by atoms with E-state index in [1.165, 1.54) is 13.8 Å². The molecule has 0 radical (unpaired) electrons. The predicted molar refractivity (Wildman–Crippen MR) is 125 cm³/mol. The smallest absolute Gasteiger partial charge is 0.302 e. The zero-order chi connectivity index (χ0) is 24.8. The number of ether oxygens (including phenoxy) is 6. The van der Waals surface area contributed by atoms with Gasteiger partial charge in [-0.1, -0.05) is 6.07 Å². The van der Waals surface area contributed by atoms with E-state index in [2.05, 4.69) is 0 Å². The summed E-state index contributed by atoms with van der Waals surface area (Å²) in [6.45, 7) is 3.24. The van der Waals surface area contributed by atoms with Crippen molar-refractivity contribution in [1.29, 1.82) is 0 Å². The van der Waals surface area contributed by atoms with Gasteiger partial charge in [-0.3, -0.25) is 9.59 Å². The largest absolute Gasteiger partial charge is 0.493 e. The number of methoxy groups -OCH3 is 4. The maximum absolute atomic E-state index is 11.7. The lowest BCUT2D eigenvalue weighted by Crippen LogP contribution is -2.22. The summed E-state index contributed by atoms with van der Waals surface area (Å²) in [5.74, 6) is 1.48. The number of rotatable bonds is 10. The quantitative estimate of drug-likeness (QED) is 0.478. The van der Waals surface area contributed by atoms with Crippen molar-refractivity contribution in [3.05, 3.63) is 47.0 Å². The lowest BCUT2D eigenvalue weighted by molar-refractivity contribution is -0.142. The van der Waals surface area contributed by atoms with E-state index in [-0.39, 0.29) is 42.9 Å². The molecule has 3 atom stereocenters. The number of fused-ring (bicyclic) bond motifs is 1. The molecule has 0 heterocycles. The van der Waals surface area contributed by atoms with Crippen LogP contribution in [0.2, 0.25) is 0 Å². The molecule has 184 valence electrons. The summed E-state index contributed by atoms with van der Waals surface area (Å²) < 4.78 is 32.9. The predicted octanol–water partition coefficient (Wildman–Crippen LogP) is 4.08. The molecule has 8 nitrogen and oxygen atoms in total. The van der Waals surface area contributed by atoms with Gasteiger partial charge in [-0.25, -0.2) is 0 Å². The maximum Gasteiger partial charge on any atom is 0.302 e. The van der Waals surface area contributed by atoms with E-state index in [0.29, 0.717) is 29.4 Å². The molecule has 0 spiro atoms. The lowest BCUT2D eigenvalue weighted by atomic mass is 9.81. The van der Waals surface area contributed by atoms with E-state index < -0.39 is 0 Å². The molecule has 8 heteroatoms. The van der Waals surface area contributed by atoms with Crippen molar-refractivity contribution in [3.63, 3.8) is 0 Å². The van der Waals surface area contributed by atoms with Crippen LogP contribution < -0.4 is 18.9 Å². The Labute approximate surface area is 200 Å². The topological polar surface area (TPSA) is 89.5 Å². The summed E-state index contributed by atoms with van der Waals surface area (Å²) in [7, 11) is 6.37. The Balaban J connectivity index is 2.16. The highest BCUT2D eigenvalue weighted by Gasteiger charge is 2.43. The monoisotopic (exact) mass is 472 g/mol. The lowest BCUT2D eigenvalue weighted by Gasteiger charge is -2.26.